The quantitative estimate of drug-likeness (QED) is 0.814. The van der Waals surface area contributed by atoms with Crippen LogP contribution in [-0.2, 0) is 6.42 Å². The van der Waals surface area contributed by atoms with Gasteiger partial charge in [-0.1, -0.05) is 12.1 Å². The van der Waals surface area contributed by atoms with E-state index in [4.69, 9.17) is 4.74 Å². The summed E-state index contributed by atoms with van der Waals surface area (Å²) < 4.78 is 6.02. The second-order valence-electron chi connectivity index (χ2n) is 3.37. The average Bonchev–Trinajstić information content (AvgIpc) is 2.33. The van der Waals surface area contributed by atoms with E-state index in [2.05, 4.69) is 32.8 Å². The number of aromatic nitrogens is 2. The Labute approximate surface area is 108 Å². The summed E-state index contributed by atoms with van der Waals surface area (Å²) in [5.74, 6) is 0.873. The van der Waals surface area contributed by atoms with Crippen molar-refractivity contribution < 1.29 is 4.74 Å². The van der Waals surface area contributed by atoms with Crippen LogP contribution in [0, 0.1) is 3.70 Å². The van der Waals surface area contributed by atoms with Gasteiger partial charge in [0.25, 0.3) is 0 Å². The van der Waals surface area contributed by atoms with Gasteiger partial charge in [-0.3, -0.25) is 0 Å². The highest BCUT2D eigenvalue weighted by Gasteiger charge is 1.99. The molecule has 0 unspecified atom stereocenters. The van der Waals surface area contributed by atoms with Crippen molar-refractivity contribution >= 4 is 22.6 Å². The Kier molecular flexibility index (Phi) is 3.71. The molecule has 0 aliphatic carbocycles. The molecular formula is C12H11IN2O. The third-order valence-electron chi connectivity index (χ3n) is 2.23. The van der Waals surface area contributed by atoms with Crippen LogP contribution in [0.5, 0.6) is 5.75 Å². The van der Waals surface area contributed by atoms with Gasteiger partial charge in [0, 0.05) is 6.42 Å². The van der Waals surface area contributed by atoms with Gasteiger partial charge in [-0.15, -0.1) is 5.10 Å². The SMILES string of the molecule is COc1ccc(Cc2ccc(I)nn2)cc1. The van der Waals surface area contributed by atoms with Crippen LogP contribution >= 0.6 is 22.6 Å². The Morgan fingerprint density at radius 2 is 1.81 bits per heavy atom. The number of benzene rings is 1. The molecule has 1 aromatic heterocycles. The van der Waals surface area contributed by atoms with E-state index >= 15 is 0 Å². The van der Waals surface area contributed by atoms with E-state index in [-0.39, 0.29) is 0 Å². The Morgan fingerprint density at radius 3 is 2.38 bits per heavy atom. The summed E-state index contributed by atoms with van der Waals surface area (Å²) in [6.45, 7) is 0. The van der Waals surface area contributed by atoms with E-state index in [0.717, 1.165) is 21.6 Å². The van der Waals surface area contributed by atoms with Crippen molar-refractivity contribution in [1.29, 1.82) is 0 Å². The predicted octanol–water partition coefficient (Wildman–Crippen LogP) is 2.68. The summed E-state index contributed by atoms with van der Waals surface area (Å²) in [6.07, 6.45) is 0.800. The summed E-state index contributed by atoms with van der Waals surface area (Å²) in [4.78, 5) is 0. The Hall–Kier alpha value is -1.17. The fourth-order valence-corrected chi connectivity index (χ4v) is 1.68. The molecule has 1 heterocycles. The van der Waals surface area contributed by atoms with Crippen molar-refractivity contribution in [3.63, 3.8) is 0 Å². The van der Waals surface area contributed by atoms with Gasteiger partial charge in [0.2, 0.25) is 0 Å². The van der Waals surface area contributed by atoms with Gasteiger partial charge in [0.05, 0.1) is 12.8 Å². The van der Waals surface area contributed by atoms with Gasteiger partial charge in [-0.25, -0.2) is 0 Å². The zero-order valence-corrected chi connectivity index (χ0v) is 11.0. The molecule has 3 nitrogen and oxygen atoms in total. The molecule has 0 aliphatic rings. The van der Waals surface area contributed by atoms with E-state index in [1.165, 1.54) is 5.56 Å². The monoisotopic (exact) mass is 326 g/mol. The molecule has 4 heteroatoms. The van der Waals surface area contributed by atoms with Gasteiger partial charge >= 0.3 is 0 Å². The van der Waals surface area contributed by atoms with E-state index in [1.54, 1.807) is 7.11 Å². The van der Waals surface area contributed by atoms with Crippen molar-refractivity contribution in [3.8, 4) is 5.75 Å². The van der Waals surface area contributed by atoms with E-state index < -0.39 is 0 Å². The molecule has 0 atom stereocenters. The second-order valence-corrected chi connectivity index (χ2v) is 4.48. The molecule has 0 radical (unpaired) electrons. The molecule has 1 aromatic carbocycles. The van der Waals surface area contributed by atoms with Gasteiger partial charge < -0.3 is 4.74 Å². The molecule has 2 rings (SSSR count). The maximum atomic E-state index is 5.11. The number of hydrogen-bond donors (Lipinski definition) is 0. The van der Waals surface area contributed by atoms with Crippen molar-refractivity contribution in [1.82, 2.24) is 10.2 Å². The summed E-state index contributed by atoms with van der Waals surface area (Å²) in [7, 11) is 1.67. The molecule has 82 valence electrons. The van der Waals surface area contributed by atoms with Crippen LogP contribution in [0.15, 0.2) is 36.4 Å². The standard InChI is InChI=1S/C12H11IN2O/c1-16-11-5-2-9(3-6-11)8-10-4-7-12(13)15-14-10/h2-7H,8H2,1H3. The maximum Gasteiger partial charge on any atom is 0.124 e. The van der Waals surface area contributed by atoms with E-state index in [9.17, 15) is 0 Å². The van der Waals surface area contributed by atoms with Crippen LogP contribution in [0.2, 0.25) is 0 Å². The highest BCUT2D eigenvalue weighted by molar-refractivity contribution is 14.1. The normalized spacial score (nSPS) is 10.1. The largest absolute Gasteiger partial charge is 0.497 e. The summed E-state index contributed by atoms with van der Waals surface area (Å²) in [5, 5.41) is 8.15. The summed E-state index contributed by atoms with van der Waals surface area (Å²) >= 11 is 2.15. The molecule has 0 fully saturated rings. The first-order valence-electron chi connectivity index (χ1n) is 4.89. The third-order valence-corrected chi connectivity index (χ3v) is 2.81. The molecule has 0 aliphatic heterocycles. The summed E-state index contributed by atoms with van der Waals surface area (Å²) in [5.41, 5.74) is 2.18. The highest BCUT2D eigenvalue weighted by Crippen LogP contribution is 2.13. The third kappa shape index (κ3) is 2.91. The minimum atomic E-state index is 0.800. The maximum absolute atomic E-state index is 5.11. The van der Waals surface area contributed by atoms with Gasteiger partial charge in [-0.2, -0.15) is 5.10 Å². The molecule has 0 saturated heterocycles. The van der Waals surface area contributed by atoms with Crippen molar-refractivity contribution in [2.45, 2.75) is 6.42 Å². The molecular weight excluding hydrogens is 315 g/mol. The highest BCUT2D eigenvalue weighted by atomic mass is 127. The predicted molar refractivity (Wildman–Crippen MR) is 70.5 cm³/mol. The van der Waals surface area contributed by atoms with Crippen LogP contribution in [-0.4, -0.2) is 17.3 Å². The fourth-order valence-electron chi connectivity index (χ4n) is 1.39. The zero-order chi connectivity index (χ0) is 11.4. The smallest absolute Gasteiger partial charge is 0.124 e. The first-order chi connectivity index (χ1) is 7.78. The van der Waals surface area contributed by atoms with Gasteiger partial charge in [0.1, 0.15) is 9.45 Å². The fraction of sp³-hybridized carbons (Fsp3) is 0.167. The first kappa shape index (κ1) is 11.3. The second kappa shape index (κ2) is 5.25. The molecule has 0 N–H and O–H groups in total. The molecule has 2 aromatic rings. The van der Waals surface area contributed by atoms with Crippen LogP contribution in [0.4, 0.5) is 0 Å². The minimum Gasteiger partial charge on any atom is -0.497 e. The first-order valence-corrected chi connectivity index (χ1v) is 5.97. The van der Waals surface area contributed by atoms with Gasteiger partial charge in [-0.05, 0) is 52.4 Å². The topological polar surface area (TPSA) is 35.0 Å². The van der Waals surface area contributed by atoms with Crippen LogP contribution in [0.3, 0.4) is 0 Å². The lowest BCUT2D eigenvalue weighted by Gasteiger charge is -2.02. The number of rotatable bonds is 3. The number of methoxy groups -OCH3 is 1. The van der Waals surface area contributed by atoms with Crippen molar-refractivity contribution in [3.05, 3.63) is 51.4 Å². The lowest BCUT2D eigenvalue weighted by atomic mass is 10.1. The minimum absolute atomic E-state index is 0.800. The number of nitrogens with zero attached hydrogens (tertiary/aromatic N) is 2. The summed E-state index contributed by atoms with van der Waals surface area (Å²) in [6, 6.07) is 12.0. The number of halogens is 1. The van der Waals surface area contributed by atoms with Crippen molar-refractivity contribution in [2.24, 2.45) is 0 Å². The molecule has 0 bridgehead atoms. The van der Waals surface area contributed by atoms with Crippen LogP contribution < -0.4 is 4.74 Å². The Morgan fingerprint density at radius 1 is 1.06 bits per heavy atom. The van der Waals surface area contributed by atoms with Gasteiger partial charge in [0.15, 0.2) is 0 Å². The number of hydrogen-bond acceptors (Lipinski definition) is 3. The Balaban J connectivity index is 2.11. The molecule has 16 heavy (non-hydrogen) atoms. The molecule has 0 spiro atoms. The van der Waals surface area contributed by atoms with E-state index in [0.29, 0.717) is 0 Å². The zero-order valence-electron chi connectivity index (χ0n) is 8.85. The Bertz CT molecular complexity index is 453. The number of ether oxygens (including phenoxy) is 1. The average molecular weight is 326 g/mol. The lowest BCUT2D eigenvalue weighted by molar-refractivity contribution is 0.414. The lowest BCUT2D eigenvalue weighted by Crippen LogP contribution is -1.95. The molecule has 0 amide bonds. The molecule has 0 saturated carbocycles. The van der Waals surface area contributed by atoms with Crippen molar-refractivity contribution in [2.75, 3.05) is 7.11 Å². The van der Waals surface area contributed by atoms with E-state index in [1.807, 2.05) is 36.4 Å². The van der Waals surface area contributed by atoms with Crippen LogP contribution in [0.25, 0.3) is 0 Å². The van der Waals surface area contributed by atoms with Crippen LogP contribution in [0.1, 0.15) is 11.3 Å².